The van der Waals surface area contributed by atoms with Crippen molar-refractivity contribution in [3.8, 4) is 0 Å². The van der Waals surface area contributed by atoms with Gasteiger partial charge in [-0.2, -0.15) is 14.9 Å². The number of anilines is 2. The number of benzene rings is 5. The summed E-state index contributed by atoms with van der Waals surface area (Å²) in [5, 5.41) is 23.6. The summed E-state index contributed by atoms with van der Waals surface area (Å²) in [4.78, 5) is 0. The van der Waals surface area contributed by atoms with E-state index in [1.807, 2.05) is 97.4 Å². The Balaban J connectivity index is 1.40. The fourth-order valence-electron chi connectivity index (χ4n) is 5.88. The average molecular weight is 716 g/mol. The Morgan fingerprint density at radius 1 is 0.460 bits per heavy atom. The van der Waals surface area contributed by atoms with Crippen LogP contribution in [0.25, 0.3) is 0 Å². The highest BCUT2D eigenvalue weighted by Gasteiger charge is 2.58. The van der Waals surface area contributed by atoms with Crippen LogP contribution >= 0.6 is 24.3 Å². The Morgan fingerprint density at radius 2 is 0.820 bits per heavy atom. The van der Waals surface area contributed by atoms with E-state index < -0.39 is 24.3 Å². The number of hydrogen-bond donors (Lipinski definition) is 2. The third kappa shape index (κ3) is 5.77. The van der Waals surface area contributed by atoms with Crippen LogP contribution in [0.3, 0.4) is 0 Å². The topological polar surface area (TPSA) is 89.7 Å². The molecule has 11 nitrogen and oxygen atoms in total. The van der Waals surface area contributed by atoms with E-state index in [2.05, 4.69) is 109 Å². The quantitative estimate of drug-likeness (QED) is 0.147. The van der Waals surface area contributed by atoms with Crippen molar-refractivity contribution in [2.45, 2.75) is 0 Å². The van der Waals surface area contributed by atoms with E-state index in [4.69, 9.17) is 20.0 Å². The van der Waals surface area contributed by atoms with Crippen LogP contribution in [-0.4, -0.2) is 61.9 Å². The molecule has 250 valence electrons. The third-order valence-electron chi connectivity index (χ3n) is 8.23. The molecule has 0 fully saturated rings. The summed E-state index contributed by atoms with van der Waals surface area (Å²) in [6, 6.07) is 51.5. The Bertz CT molecular complexity index is 1980. The van der Waals surface area contributed by atoms with Gasteiger partial charge < -0.3 is 10.2 Å². The monoisotopic (exact) mass is 715 g/mol. The van der Waals surface area contributed by atoms with Gasteiger partial charge in [0.25, 0.3) is 7.51 Å². The molecular formula is C36H36N11P3. The Hall–Kier alpha value is -5.20. The lowest BCUT2D eigenvalue weighted by molar-refractivity contribution is 0.552. The lowest BCUT2D eigenvalue weighted by Crippen LogP contribution is -2.38. The van der Waals surface area contributed by atoms with Crippen molar-refractivity contribution in [1.82, 2.24) is 23.2 Å². The van der Waals surface area contributed by atoms with Gasteiger partial charge in [-0.1, -0.05) is 127 Å². The maximum absolute atomic E-state index is 5.82. The Morgan fingerprint density at radius 3 is 1.22 bits per heavy atom. The van der Waals surface area contributed by atoms with Gasteiger partial charge in [-0.3, -0.25) is 0 Å². The summed E-state index contributed by atoms with van der Waals surface area (Å²) in [5.74, 6) is 2.29. The van der Waals surface area contributed by atoms with Crippen LogP contribution < -0.4 is 10.2 Å². The number of para-hydroxylation sites is 2. The highest BCUT2D eigenvalue weighted by atomic mass is 31.2. The number of nitrogens with zero attached hydrogens (tertiary/aromatic N) is 9. The summed E-state index contributed by atoms with van der Waals surface area (Å²) in [5.41, 5.74) is 4.90. The Labute approximate surface area is 295 Å². The second-order valence-electron chi connectivity index (χ2n) is 11.6. The van der Waals surface area contributed by atoms with E-state index in [1.165, 1.54) is 0 Å². The van der Waals surface area contributed by atoms with E-state index in [-0.39, 0.29) is 0 Å². The number of nitrogens with one attached hydrogen (secondary N) is 2. The molecule has 0 spiro atoms. The SMILES string of the molecule is CN1N=C(c2ccccc2)N(P2(N3C(c4ccccc4)=NN(C)P3Nc3ccccc3)=NC(c3ccccc3)=NN2C)P1Nc1ccccc1. The standard InChI is InChI=1S/C36H36N11P3/c1-43-38-35(30-21-11-5-12-22-30)46(48(43)40-32-25-15-7-16-26-32)50(42-34(37-45(50)3)29-19-9-4-10-20-29)47-36(31-23-13-6-14-24-31)39-44(2)49(47)41-33-27-17-8-18-28-33/h4-28,40-41H,1-3H3. The summed E-state index contributed by atoms with van der Waals surface area (Å²) in [6.07, 6.45) is 0. The van der Waals surface area contributed by atoms with Crippen molar-refractivity contribution in [3.05, 3.63) is 168 Å². The van der Waals surface area contributed by atoms with Gasteiger partial charge in [-0.25, -0.2) is 23.2 Å². The number of hydrogen-bond acceptors (Lipinski definition) is 11. The van der Waals surface area contributed by atoms with Gasteiger partial charge in [-0.05, 0) is 24.3 Å². The predicted molar refractivity (Wildman–Crippen MR) is 209 cm³/mol. The molecule has 14 heteroatoms. The minimum absolute atomic E-state index is 0.662. The van der Waals surface area contributed by atoms with Crippen LogP contribution in [0.15, 0.2) is 172 Å². The molecule has 0 saturated carbocycles. The minimum atomic E-state index is -3.15. The molecular weight excluding hydrogens is 679 g/mol. The molecule has 0 saturated heterocycles. The van der Waals surface area contributed by atoms with Gasteiger partial charge in [0.2, 0.25) is 16.7 Å². The van der Waals surface area contributed by atoms with Crippen molar-refractivity contribution in [2.24, 2.45) is 20.0 Å². The zero-order valence-corrected chi connectivity index (χ0v) is 30.5. The van der Waals surface area contributed by atoms with E-state index >= 15 is 0 Å². The van der Waals surface area contributed by atoms with Gasteiger partial charge in [-0.15, -0.1) is 5.10 Å². The molecule has 0 bridgehead atoms. The molecule has 2 atom stereocenters. The largest absolute Gasteiger partial charge is 0.329 e. The van der Waals surface area contributed by atoms with Crippen LogP contribution in [0, 0.1) is 0 Å². The first-order valence-electron chi connectivity index (χ1n) is 16.1. The van der Waals surface area contributed by atoms with Crippen LogP contribution in [0.2, 0.25) is 0 Å². The van der Waals surface area contributed by atoms with Crippen molar-refractivity contribution in [3.63, 3.8) is 0 Å². The fraction of sp³-hybridized carbons (Fsp3) is 0.0833. The molecule has 3 heterocycles. The highest BCUT2D eigenvalue weighted by Crippen LogP contribution is 2.78. The molecule has 2 unspecified atom stereocenters. The maximum Gasteiger partial charge on any atom is 0.280 e. The zero-order chi connectivity index (χ0) is 34.1. The van der Waals surface area contributed by atoms with E-state index in [0.717, 1.165) is 39.7 Å². The van der Waals surface area contributed by atoms with Crippen molar-refractivity contribution in [2.75, 3.05) is 31.3 Å². The molecule has 50 heavy (non-hydrogen) atoms. The summed E-state index contributed by atoms with van der Waals surface area (Å²) < 4.78 is 16.8. The van der Waals surface area contributed by atoms with Crippen LogP contribution in [0.4, 0.5) is 11.4 Å². The van der Waals surface area contributed by atoms with Gasteiger partial charge in [0, 0.05) is 49.2 Å². The lowest BCUT2D eigenvalue weighted by atomic mass is 10.2. The molecule has 0 amide bonds. The molecule has 3 aliphatic rings. The maximum atomic E-state index is 5.82. The lowest BCUT2D eigenvalue weighted by Gasteiger charge is -2.46. The van der Waals surface area contributed by atoms with E-state index in [9.17, 15) is 0 Å². The van der Waals surface area contributed by atoms with Crippen LogP contribution in [0.1, 0.15) is 16.7 Å². The first kappa shape index (κ1) is 32.0. The summed E-state index contributed by atoms with van der Waals surface area (Å²) >= 11 is 0. The Kier molecular flexibility index (Phi) is 8.71. The molecule has 2 N–H and O–H groups in total. The molecule has 5 aromatic carbocycles. The van der Waals surface area contributed by atoms with Gasteiger partial charge >= 0.3 is 0 Å². The number of hydrazone groups is 3. The molecule has 8 rings (SSSR count). The van der Waals surface area contributed by atoms with Crippen molar-refractivity contribution in [1.29, 1.82) is 0 Å². The number of amidine groups is 3. The summed E-state index contributed by atoms with van der Waals surface area (Å²) in [6.45, 7) is 0. The van der Waals surface area contributed by atoms with Crippen LogP contribution in [0.5, 0.6) is 0 Å². The first-order chi connectivity index (χ1) is 24.5. The second kappa shape index (κ2) is 13.6. The van der Waals surface area contributed by atoms with Gasteiger partial charge in [0.15, 0.2) is 17.5 Å². The molecule has 3 aliphatic heterocycles. The van der Waals surface area contributed by atoms with Gasteiger partial charge in [0.1, 0.15) is 0 Å². The van der Waals surface area contributed by atoms with E-state index in [0.29, 0.717) is 5.84 Å². The second-order valence-corrected chi connectivity index (χ2v) is 18.4. The third-order valence-corrected chi connectivity index (χ3v) is 16.7. The smallest absolute Gasteiger partial charge is 0.280 e. The number of rotatable bonds is 9. The molecule has 5 aromatic rings. The van der Waals surface area contributed by atoms with Crippen LogP contribution in [-0.2, 0) is 0 Å². The first-order valence-corrected chi connectivity index (χ1v) is 20.2. The summed E-state index contributed by atoms with van der Waals surface area (Å²) in [7, 11) is 0.238. The normalized spacial score (nSPS) is 21.5. The average Bonchev–Trinajstić information content (AvgIpc) is 3.80. The molecule has 0 radical (unpaired) electrons. The van der Waals surface area contributed by atoms with E-state index in [1.54, 1.807) is 0 Å². The molecule has 0 aromatic heterocycles. The van der Waals surface area contributed by atoms with Crippen molar-refractivity contribution < 1.29 is 0 Å². The molecule has 0 aliphatic carbocycles. The zero-order valence-electron chi connectivity index (χ0n) is 27.8. The fourth-order valence-corrected chi connectivity index (χ4v) is 15.4. The van der Waals surface area contributed by atoms with Gasteiger partial charge in [0.05, 0.1) is 0 Å². The van der Waals surface area contributed by atoms with Crippen molar-refractivity contribution >= 4 is 53.1 Å². The highest BCUT2D eigenvalue weighted by molar-refractivity contribution is 7.80. The predicted octanol–water partition coefficient (Wildman–Crippen LogP) is 9.14. The minimum Gasteiger partial charge on any atom is -0.329 e.